The second-order valence-corrected chi connectivity index (χ2v) is 6.48. The summed E-state index contributed by atoms with van der Waals surface area (Å²) in [6, 6.07) is 11.3. The Hall–Kier alpha value is -2.51. The average molecular weight is 414 g/mol. The van der Waals surface area contributed by atoms with Crippen molar-refractivity contribution in [3.8, 4) is 0 Å². The number of aromatic nitrogens is 2. The summed E-state index contributed by atoms with van der Waals surface area (Å²) in [4.78, 5) is 12.2. The van der Waals surface area contributed by atoms with E-state index in [4.69, 9.17) is 23.2 Å². The summed E-state index contributed by atoms with van der Waals surface area (Å²) in [7, 11) is 0. The highest BCUT2D eigenvalue weighted by atomic mass is 35.5. The average Bonchev–Trinajstić information content (AvgIpc) is 3.01. The van der Waals surface area contributed by atoms with Crippen molar-refractivity contribution >= 4 is 34.9 Å². The van der Waals surface area contributed by atoms with Crippen molar-refractivity contribution in [3.05, 3.63) is 81.5 Å². The zero-order chi connectivity index (χ0) is 19.6. The fraction of sp³-hybridized carbons (Fsp3) is 0.111. The van der Waals surface area contributed by atoms with Gasteiger partial charge in [-0.05, 0) is 35.9 Å². The molecule has 0 spiro atoms. The topological polar surface area (TPSA) is 46.9 Å². The number of benzene rings is 2. The summed E-state index contributed by atoms with van der Waals surface area (Å²) in [5.74, 6) is -0.278. The highest BCUT2D eigenvalue weighted by molar-refractivity contribution is 6.34. The first kappa shape index (κ1) is 19.3. The molecule has 0 unspecified atom stereocenters. The molecule has 0 bridgehead atoms. The molecule has 3 aromatic rings. The number of hydrogen-bond acceptors (Lipinski definition) is 2. The molecule has 0 radical (unpaired) electrons. The van der Waals surface area contributed by atoms with Gasteiger partial charge in [0.2, 0.25) is 0 Å². The molecule has 0 aliphatic carbocycles. The molecular weight excluding hydrogens is 402 g/mol. The number of carbonyl (C=O) groups excluding carboxylic acids is 1. The molecule has 140 valence electrons. The Labute approximate surface area is 162 Å². The number of amides is 1. The van der Waals surface area contributed by atoms with E-state index >= 15 is 0 Å². The van der Waals surface area contributed by atoms with Crippen LogP contribution in [0.2, 0.25) is 10.0 Å². The molecule has 27 heavy (non-hydrogen) atoms. The predicted molar refractivity (Wildman–Crippen MR) is 97.2 cm³/mol. The van der Waals surface area contributed by atoms with Gasteiger partial charge in [-0.3, -0.25) is 9.48 Å². The van der Waals surface area contributed by atoms with Gasteiger partial charge in [0.15, 0.2) is 5.82 Å². The highest BCUT2D eigenvalue weighted by Crippen LogP contribution is 2.33. The molecule has 0 saturated carbocycles. The number of rotatable bonds is 4. The van der Waals surface area contributed by atoms with Crippen molar-refractivity contribution in [2.45, 2.75) is 12.7 Å². The number of anilines is 1. The Morgan fingerprint density at radius 1 is 1.11 bits per heavy atom. The van der Waals surface area contributed by atoms with Gasteiger partial charge in [-0.15, -0.1) is 0 Å². The predicted octanol–water partition coefficient (Wildman–Crippen LogP) is 5.51. The number of nitrogens with one attached hydrogen (secondary N) is 1. The number of carbonyl (C=O) groups is 1. The van der Waals surface area contributed by atoms with E-state index in [2.05, 4.69) is 10.4 Å². The molecule has 1 aromatic heterocycles. The van der Waals surface area contributed by atoms with Gasteiger partial charge in [0, 0.05) is 17.3 Å². The Morgan fingerprint density at radius 3 is 2.56 bits per heavy atom. The van der Waals surface area contributed by atoms with Crippen LogP contribution in [-0.4, -0.2) is 15.7 Å². The van der Waals surface area contributed by atoms with Crippen LogP contribution in [-0.2, 0) is 12.7 Å². The normalized spacial score (nSPS) is 11.4. The molecule has 0 atom stereocenters. The molecule has 1 amide bonds. The lowest BCUT2D eigenvalue weighted by molar-refractivity contribution is -0.138. The maximum absolute atomic E-state index is 13.1. The zero-order valence-corrected chi connectivity index (χ0v) is 15.1. The van der Waals surface area contributed by atoms with Crippen molar-refractivity contribution in [3.63, 3.8) is 0 Å². The van der Waals surface area contributed by atoms with Gasteiger partial charge in [0.25, 0.3) is 5.91 Å². The van der Waals surface area contributed by atoms with Crippen molar-refractivity contribution in [1.29, 1.82) is 0 Å². The van der Waals surface area contributed by atoms with Gasteiger partial charge in [-0.2, -0.15) is 18.3 Å². The van der Waals surface area contributed by atoms with Crippen LogP contribution in [0.25, 0.3) is 0 Å². The van der Waals surface area contributed by atoms with Crippen molar-refractivity contribution in [2.75, 3.05) is 5.32 Å². The van der Waals surface area contributed by atoms with Crippen LogP contribution in [0, 0.1) is 0 Å². The zero-order valence-electron chi connectivity index (χ0n) is 13.6. The number of nitrogens with zero attached hydrogens (tertiary/aromatic N) is 2. The Balaban J connectivity index is 1.79. The first-order chi connectivity index (χ1) is 12.7. The summed E-state index contributed by atoms with van der Waals surface area (Å²) in [6.45, 7) is -0.155. The smallest absolute Gasteiger partial charge is 0.305 e. The van der Waals surface area contributed by atoms with E-state index in [1.807, 2.05) is 0 Å². The Kier molecular flexibility index (Phi) is 5.43. The molecule has 0 fully saturated rings. The lowest BCUT2D eigenvalue weighted by atomic mass is 10.1. The quantitative estimate of drug-likeness (QED) is 0.612. The molecule has 9 heteroatoms. The van der Waals surface area contributed by atoms with E-state index < -0.39 is 17.6 Å². The molecule has 2 aromatic carbocycles. The third kappa shape index (κ3) is 4.61. The van der Waals surface area contributed by atoms with E-state index in [1.165, 1.54) is 29.1 Å². The fourth-order valence-electron chi connectivity index (χ4n) is 2.49. The van der Waals surface area contributed by atoms with Gasteiger partial charge >= 0.3 is 6.18 Å². The van der Waals surface area contributed by atoms with Crippen molar-refractivity contribution in [1.82, 2.24) is 9.78 Å². The molecule has 3 rings (SSSR count). The minimum absolute atomic E-state index is 0.0259. The van der Waals surface area contributed by atoms with Crippen molar-refractivity contribution in [2.24, 2.45) is 0 Å². The molecule has 1 N–H and O–H groups in total. The molecular formula is C18H12Cl2F3N3O. The van der Waals surface area contributed by atoms with E-state index in [0.29, 0.717) is 0 Å². The molecule has 1 heterocycles. The van der Waals surface area contributed by atoms with Crippen LogP contribution < -0.4 is 5.32 Å². The monoisotopic (exact) mass is 413 g/mol. The maximum Gasteiger partial charge on any atom is 0.416 e. The van der Waals surface area contributed by atoms with Gasteiger partial charge in [0.05, 0.1) is 22.7 Å². The largest absolute Gasteiger partial charge is 0.416 e. The second-order valence-electron chi connectivity index (χ2n) is 5.63. The van der Waals surface area contributed by atoms with Crippen LogP contribution >= 0.6 is 23.2 Å². The van der Waals surface area contributed by atoms with Crippen LogP contribution in [0.5, 0.6) is 0 Å². The van der Waals surface area contributed by atoms with E-state index in [0.717, 1.165) is 6.07 Å². The molecule has 4 nitrogen and oxygen atoms in total. The van der Waals surface area contributed by atoms with Gasteiger partial charge in [0.1, 0.15) is 0 Å². The van der Waals surface area contributed by atoms with E-state index in [9.17, 15) is 18.0 Å². The number of hydrogen-bond donors (Lipinski definition) is 1. The van der Waals surface area contributed by atoms with Gasteiger partial charge in [-0.25, -0.2) is 0 Å². The van der Waals surface area contributed by atoms with Gasteiger partial charge < -0.3 is 5.32 Å². The first-order valence-electron chi connectivity index (χ1n) is 7.69. The minimum Gasteiger partial charge on any atom is -0.305 e. The summed E-state index contributed by atoms with van der Waals surface area (Å²) in [5, 5.41) is 7.12. The molecule has 0 aliphatic rings. The summed E-state index contributed by atoms with van der Waals surface area (Å²) >= 11 is 11.8. The van der Waals surface area contributed by atoms with E-state index in [1.54, 1.807) is 24.3 Å². The minimum atomic E-state index is -4.51. The fourth-order valence-corrected chi connectivity index (χ4v) is 2.91. The van der Waals surface area contributed by atoms with Crippen LogP contribution in [0.1, 0.15) is 21.5 Å². The SMILES string of the molecule is O=C(Nc1ccn(Cc2cc(Cl)ccc2C(F)(F)F)n1)c1ccccc1Cl. The molecule has 0 saturated heterocycles. The summed E-state index contributed by atoms with van der Waals surface area (Å²) < 4.78 is 40.7. The van der Waals surface area contributed by atoms with E-state index in [-0.39, 0.29) is 33.5 Å². The van der Waals surface area contributed by atoms with Gasteiger partial charge in [-0.1, -0.05) is 35.3 Å². The molecule has 0 aliphatic heterocycles. The van der Waals surface area contributed by atoms with Crippen LogP contribution in [0.15, 0.2) is 54.7 Å². The lowest BCUT2D eigenvalue weighted by Crippen LogP contribution is -2.14. The highest BCUT2D eigenvalue weighted by Gasteiger charge is 2.33. The second kappa shape index (κ2) is 7.62. The third-order valence-corrected chi connectivity index (χ3v) is 4.27. The Morgan fingerprint density at radius 2 is 1.85 bits per heavy atom. The van der Waals surface area contributed by atoms with Crippen LogP contribution in [0.4, 0.5) is 19.0 Å². The summed E-state index contributed by atoms with van der Waals surface area (Å²) in [6.07, 6.45) is -3.04. The maximum atomic E-state index is 13.1. The third-order valence-electron chi connectivity index (χ3n) is 3.71. The Bertz CT molecular complexity index is 986. The van der Waals surface area contributed by atoms with Crippen LogP contribution in [0.3, 0.4) is 0 Å². The number of alkyl halides is 3. The summed E-state index contributed by atoms with van der Waals surface area (Å²) in [5.41, 5.74) is -0.547. The first-order valence-corrected chi connectivity index (χ1v) is 8.44. The van der Waals surface area contributed by atoms with Crippen molar-refractivity contribution < 1.29 is 18.0 Å². The lowest BCUT2D eigenvalue weighted by Gasteiger charge is -2.13. The standard InChI is InChI=1S/C18H12Cl2F3N3O/c19-12-5-6-14(18(21,22)23)11(9-12)10-26-8-7-16(25-26)24-17(27)13-3-1-2-4-15(13)20/h1-9H,10H2,(H,24,25,27). The number of halogens is 5.